The number of hydrogen-bond donors (Lipinski definition) is 0. The largest absolute Gasteiger partial charge is 0.447 e. The van der Waals surface area contributed by atoms with Gasteiger partial charge in [-0.15, -0.1) is 0 Å². The van der Waals surface area contributed by atoms with Crippen molar-refractivity contribution in [2.75, 3.05) is 13.2 Å². The molecule has 4 amide bonds. The Morgan fingerprint density at radius 1 is 1.12 bits per heavy atom. The second-order valence-electron chi connectivity index (χ2n) is 6.17. The second kappa shape index (κ2) is 7.04. The highest BCUT2D eigenvalue weighted by molar-refractivity contribution is 6.21. The molecule has 0 aromatic heterocycles. The molecule has 1 fully saturated rings. The van der Waals surface area contributed by atoms with Gasteiger partial charge >= 0.3 is 6.09 Å². The fraction of sp³-hybridized carbons (Fsp3) is 0.444. The third kappa shape index (κ3) is 3.14. The normalized spacial score (nSPS) is 19.4. The molecule has 0 saturated carbocycles. The molecule has 0 unspecified atom stereocenters. The Morgan fingerprint density at radius 2 is 1.76 bits per heavy atom. The smallest absolute Gasteiger partial charge is 0.416 e. The van der Waals surface area contributed by atoms with Crippen LogP contribution in [0.1, 0.15) is 53.3 Å². The number of benzene rings is 1. The van der Waals surface area contributed by atoms with Crippen molar-refractivity contribution in [2.45, 2.75) is 38.6 Å². The van der Waals surface area contributed by atoms with Crippen LogP contribution >= 0.6 is 0 Å². The molecule has 0 aliphatic carbocycles. The maximum absolute atomic E-state index is 12.2. The van der Waals surface area contributed by atoms with Gasteiger partial charge in [-0.1, -0.05) is 19.1 Å². The number of carbonyl (C=O) groups excluding carboxylic acids is 4. The summed E-state index contributed by atoms with van der Waals surface area (Å²) in [6.07, 6.45) is 1.27. The van der Waals surface area contributed by atoms with Crippen molar-refractivity contribution in [1.82, 2.24) is 9.80 Å². The third-order valence-electron chi connectivity index (χ3n) is 4.60. The molecule has 3 rings (SSSR count). The number of unbranched alkanes of at least 4 members (excludes halogenated alkanes) is 1. The Kier molecular flexibility index (Phi) is 4.83. The molecule has 0 N–H and O–H groups in total. The molecule has 1 atom stereocenters. The molecule has 7 heteroatoms. The van der Waals surface area contributed by atoms with Crippen LogP contribution < -0.4 is 0 Å². The van der Waals surface area contributed by atoms with E-state index in [1.807, 2.05) is 6.92 Å². The standard InChI is InChI=1S/C18H20N2O5/c1-2-12-11-25-18(24)20(12)15(21)9-5-6-10-19-16(22)13-7-3-4-8-14(13)17(19)23/h3-4,7-8,12H,2,5-6,9-11H2,1H3/t12-/m1/s1. The zero-order chi connectivity index (χ0) is 18.0. The molecule has 0 spiro atoms. The van der Waals surface area contributed by atoms with Crippen molar-refractivity contribution in [3.8, 4) is 0 Å². The lowest BCUT2D eigenvalue weighted by Gasteiger charge is -2.18. The van der Waals surface area contributed by atoms with Gasteiger partial charge < -0.3 is 4.74 Å². The Hall–Kier alpha value is -2.70. The highest BCUT2D eigenvalue weighted by Gasteiger charge is 2.37. The quantitative estimate of drug-likeness (QED) is 0.583. The number of fused-ring (bicyclic) bond motifs is 1. The van der Waals surface area contributed by atoms with E-state index in [-0.39, 0.29) is 43.3 Å². The molecule has 2 aliphatic heterocycles. The highest BCUT2D eigenvalue weighted by atomic mass is 16.6. The van der Waals surface area contributed by atoms with Gasteiger partial charge in [-0.3, -0.25) is 19.3 Å². The molecule has 132 valence electrons. The van der Waals surface area contributed by atoms with Gasteiger partial charge in [0.25, 0.3) is 11.8 Å². The van der Waals surface area contributed by atoms with E-state index in [0.29, 0.717) is 30.4 Å². The first-order valence-corrected chi connectivity index (χ1v) is 8.48. The van der Waals surface area contributed by atoms with Crippen LogP contribution in [0.2, 0.25) is 0 Å². The van der Waals surface area contributed by atoms with Crippen LogP contribution in [0.25, 0.3) is 0 Å². The maximum Gasteiger partial charge on any atom is 0.416 e. The number of cyclic esters (lactones) is 1. The molecular weight excluding hydrogens is 324 g/mol. The number of amides is 4. The molecule has 7 nitrogen and oxygen atoms in total. The average Bonchev–Trinajstić information content (AvgIpc) is 3.11. The van der Waals surface area contributed by atoms with Crippen LogP contribution in [0, 0.1) is 0 Å². The summed E-state index contributed by atoms with van der Waals surface area (Å²) in [4.78, 5) is 50.7. The van der Waals surface area contributed by atoms with Gasteiger partial charge in [-0.25, -0.2) is 9.69 Å². The molecule has 1 saturated heterocycles. The first-order chi connectivity index (χ1) is 12.0. The Morgan fingerprint density at radius 3 is 2.36 bits per heavy atom. The summed E-state index contributed by atoms with van der Waals surface area (Å²) in [6.45, 7) is 2.41. The Balaban J connectivity index is 1.50. The first-order valence-electron chi connectivity index (χ1n) is 8.48. The van der Waals surface area contributed by atoms with Crippen LogP contribution in [-0.2, 0) is 9.53 Å². The minimum absolute atomic E-state index is 0.189. The SMILES string of the molecule is CC[C@@H]1COC(=O)N1C(=O)CCCCN1C(=O)c2ccccc2C1=O. The van der Waals surface area contributed by atoms with E-state index in [9.17, 15) is 19.2 Å². The average molecular weight is 344 g/mol. The molecule has 2 heterocycles. The summed E-state index contributed by atoms with van der Waals surface area (Å²) in [7, 11) is 0. The fourth-order valence-electron chi connectivity index (χ4n) is 3.18. The van der Waals surface area contributed by atoms with E-state index in [2.05, 4.69) is 0 Å². The van der Waals surface area contributed by atoms with Crippen LogP contribution in [0.4, 0.5) is 4.79 Å². The number of hydrogen-bond acceptors (Lipinski definition) is 5. The lowest BCUT2D eigenvalue weighted by Crippen LogP contribution is -2.38. The van der Waals surface area contributed by atoms with Crippen molar-refractivity contribution in [3.05, 3.63) is 35.4 Å². The van der Waals surface area contributed by atoms with E-state index < -0.39 is 6.09 Å². The Bertz CT molecular complexity index is 695. The van der Waals surface area contributed by atoms with Gasteiger partial charge in [-0.05, 0) is 31.4 Å². The topological polar surface area (TPSA) is 84.0 Å². The van der Waals surface area contributed by atoms with E-state index in [4.69, 9.17) is 4.74 Å². The minimum Gasteiger partial charge on any atom is -0.447 e. The summed E-state index contributed by atoms with van der Waals surface area (Å²) in [6, 6.07) is 6.54. The lowest BCUT2D eigenvalue weighted by atomic mass is 10.1. The van der Waals surface area contributed by atoms with E-state index in [1.165, 1.54) is 9.80 Å². The number of imide groups is 2. The summed E-state index contributed by atoms with van der Waals surface area (Å²) >= 11 is 0. The van der Waals surface area contributed by atoms with Crippen LogP contribution in [0.15, 0.2) is 24.3 Å². The summed E-state index contributed by atoms with van der Waals surface area (Å²) in [5.74, 6) is -0.848. The van der Waals surface area contributed by atoms with Crippen molar-refractivity contribution in [3.63, 3.8) is 0 Å². The molecule has 0 bridgehead atoms. The van der Waals surface area contributed by atoms with Gasteiger partial charge in [0.05, 0.1) is 17.2 Å². The second-order valence-corrected chi connectivity index (χ2v) is 6.17. The van der Waals surface area contributed by atoms with Crippen LogP contribution in [-0.4, -0.2) is 52.8 Å². The van der Waals surface area contributed by atoms with Crippen molar-refractivity contribution in [2.24, 2.45) is 0 Å². The molecule has 2 aliphatic rings. The van der Waals surface area contributed by atoms with Gasteiger partial charge in [0.2, 0.25) is 5.91 Å². The van der Waals surface area contributed by atoms with Gasteiger partial charge in [0.15, 0.2) is 0 Å². The predicted octanol–water partition coefficient (Wildman–Crippen LogP) is 2.21. The van der Waals surface area contributed by atoms with E-state index in [1.54, 1.807) is 24.3 Å². The monoisotopic (exact) mass is 344 g/mol. The summed E-state index contributed by atoms with van der Waals surface area (Å²) in [5, 5.41) is 0. The van der Waals surface area contributed by atoms with Crippen molar-refractivity contribution < 1.29 is 23.9 Å². The first kappa shape index (κ1) is 17.1. The van der Waals surface area contributed by atoms with Gasteiger partial charge in [-0.2, -0.15) is 0 Å². The molecule has 1 aromatic rings. The van der Waals surface area contributed by atoms with Crippen molar-refractivity contribution in [1.29, 1.82) is 0 Å². The number of carbonyl (C=O) groups is 4. The summed E-state index contributed by atoms with van der Waals surface area (Å²) < 4.78 is 4.91. The predicted molar refractivity (Wildman–Crippen MR) is 87.9 cm³/mol. The molecular formula is C18H20N2O5. The summed E-state index contributed by atoms with van der Waals surface area (Å²) in [5.41, 5.74) is 0.850. The molecule has 0 radical (unpaired) electrons. The third-order valence-corrected chi connectivity index (χ3v) is 4.60. The lowest BCUT2D eigenvalue weighted by molar-refractivity contribution is -0.129. The van der Waals surface area contributed by atoms with E-state index in [0.717, 1.165) is 0 Å². The number of ether oxygens (including phenoxy) is 1. The highest BCUT2D eigenvalue weighted by Crippen LogP contribution is 2.23. The van der Waals surface area contributed by atoms with E-state index >= 15 is 0 Å². The number of nitrogens with zero attached hydrogens (tertiary/aromatic N) is 2. The maximum atomic E-state index is 12.2. The van der Waals surface area contributed by atoms with Crippen LogP contribution in [0.3, 0.4) is 0 Å². The van der Waals surface area contributed by atoms with Gasteiger partial charge in [0, 0.05) is 13.0 Å². The fourth-order valence-corrected chi connectivity index (χ4v) is 3.18. The van der Waals surface area contributed by atoms with Crippen molar-refractivity contribution >= 4 is 23.8 Å². The number of rotatable bonds is 6. The van der Waals surface area contributed by atoms with Crippen LogP contribution in [0.5, 0.6) is 0 Å². The zero-order valence-corrected chi connectivity index (χ0v) is 14.1. The molecule has 25 heavy (non-hydrogen) atoms. The molecule has 1 aromatic carbocycles. The van der Waals surface area contributed by atoms with Gasteiger partial charge in [0.1, 0.15) is 6.61 Å². The minimum atomic E-state index is -0.586. The zero-order valence-electron chi connectivity index (χ0n) is 14.1. The Labute approximate surface area is 145 Å².